The molecule has 0 bridgehead atoms. The number of benzene rings is 3. The number of halogens is 2. The standard InChI is InChI=1S/C20H16Cl2O2/c1-14-5-7-15(8-6-14)13-23-20-10-9-18(12-19(20)22)24-17-4-2-3-16(21)11-17/h2-12H,13H2,1H3. The zero-order valence-corrected chi connectivity index (χ0v) is 14.6. The molecule has 0 fully saturated rings. The lowest BCUT2D eigenvalue weighted by atomic mass is 10.2. The van der Waals surface area contributed by atoms with Gasteiger partial charge in [-0.05, 0) is 42.8 Å². The van der Waals surface area contributed by atoms with Gasteiger partial charge in [-0.25, -0.2) is 0 Å². The zero-order chi connectivity index (χ0) is 16.9. The van der Waals surface area contributed by atoms with Gasteiger partial charge in [0.15, 0.2) is 0 Å². The van der Waals surface area contributed by atoms with Crippen LogP contribution in [0.2, 0.25) is 10.0 Å². The maximum Gasteiger partial charge on any atom is 0.138 e. The second kappa shape index (κ2) is 7.61. The van der Waals surface area contributed by atoms with E-state index in [9.17, 15) is 0 Å². The van der Waals surface area contributed by atoms with Crippen LogP contribution in [0.15, 0.2) is 66.7 Å². The third-order valence-corrected chi connectivity index (χ3v) is 3.98. The molecule has 0 saturated carbocycles. The zero-order valence-electron chi connectivity index (χ0n) is 13.1. The Balaban J connectivity index is 1.67. The molecule has 0 aromatic heterocycles. The Bertz CT molecular complexity index is 829. The van der Waals surface area contributed by atoms with Crippen LogP contribution in [0.1, 0.15) is 11.1 Å². The lowest BCUT2D eigenvalue weighted by molar-refractivity contribution is 0.306. The molecule has 0 heterocycles. The molecule has 0 aliphatic carbocycles. The molecule has 4 heteroatoms. The van der Waals surface area contributed by atoms with Crippen LogP contribution in [-0.4, -0.2) is 0 Å². The predicted molar refractivity (Wildman–Crippen MR) is 98.5 cm³/mol. The Morgan fingerprint density at radius 2 is 1.58 bits per heavy atom. The van der Waals surface area contributed by atoms with Crippen LogP contribution < -0.4 is 9.47 Å². The molecule has 3 aromatic rings. The van der Waals surface area contributed by atoms with Crippen LogP contribution in [0.4, 0.5) is 0 Å². The molecule has 0 aliphatic heterocycles. The van der Waals surface area contributed by atoms with E-state index in [1.54, 1.807) is 24.3 Å². The van der Waals surface area contributed by atoms with Crippen molar-refractivity contribution in [1.82, 2.24) is 0 Å². The summed E-state index contributed by atoms with van der Waals surface area (Å²) in [6, 6.07) is 20.8. The molecular weight excluding hydrogens is 343 g/mol. The van der Waals surface area contributed by atoms with Crippen LogP contribution in [0.3, 0.4) is 0 Å². The van der Waals surface area contributed by atoms with E-state index in [0.29, 0.717) is 33.9 Å². The van der Waals surface area contributed by atoms with Gasteiger partial charge in [-0.3, -0.25) is 0 Å². The smallest absolute Gasteiger partial charge is 0.138 e. The minimum absolute atomic E-state index is 0.467. The lowest BCUT2D eigenvalue weighted by Gasteiger charge is -2.11. The van der Waals surface area contributed by atoms with Gasteiger partial charge in [0.05, 0.1) is 5.02 Å². The van der Waals surface area contributed by atoms with Crippen molar-refractivity contribution in [3.8, 4) is 17.2 Å². The van der Waals surface area contributed by atoms with Crippen LogP contribution in [0.5, 0.6) is 17.2 Å². The Morgan fingerprint density at radius 3 is 2.29 bits per heavy atom. The summed E-state index contributed by atoms with van der Waals surface area (Å²) < 4.78 is 11.5. The van der Waals surface area contributed by atoms with E-state index in [1.807, 2.05) is 30.3 Å². The molecule has 24 heavy (non-hydrogen) atoms. The maximum atomic E-state index is 6.29. The summed E-state index contributed by atoms with van der Waals surface area (Å²) in [5.74, 6) is 1.91. The van der Waals surface area contributed by atoms with E-state index in [4.69, 9.17) is 32.7 Å². The molecule has 0 radical (unpaired) electrons. The summed E-state index contributed by atoms with van der Waals surface area (Å²) in [4.78, 5) is 0. The van der Waals surface area contributed by atoms with Crippen LogP contribution in [0, 0.1) is 6.92 Å². The largest absolute Gasteiger partial charge is 0.487 e. The molecule has 122 valence electrons. The molecule has 2 nitrogen and oxygen atoms in total. The summed E-state index contributed by atoms with van der Waals surface area (Å²) in [6.45, 7) is 2.52. The summed E-state index contributed by atoms with van der Waals surface area (Å²) in [7, 11) is 0. The van der Waals surface area contributed by atoms with Gasteiger partial charge in [0, 0.05) is 11.1 Å². The van der Waals surface area contributed by atoms with Crippen LogP contribution >= 0.6 is 23.2 Å². The number of ether oxygens (including phenoxy) is 2. The van der Waals surface area contributed by atoms with Gasteiger partial charge < -0.3 is 9.47 Å². The first-order chi connectivity index (χ1) is 11.6. The first-order valence-corrected chi connectivity index (χ1v) is 8.27. The van der Waals surface area contributed by atoms with E-state index in [1.165, 1.54) is 5.56 Å². The van der Waals surface area contributed by atoms with E-state index in [-0.39, 0.29) is 0 Å². The normalized spacial score (nSPS) is 10.5. The Kier molecular flexibility index (Phi) is 5.29. The Morgan fingerprint density at radius 1 is 0.833 bits per heavy atom. The fraction of sp³-hybridized carbons (Fsp3) is 0.100. The van der Waals surface area contributed by atoms with Crippen molar-refractivity contribution in [3.63, 3.8) is 0 Å². The number of rotatable bonds is 5. The SMILES string of the molecule is Cc1ccc(COc2ccc(Oc3cccc(Cl)c3)cc2Cl)cc1. The van der Waals surface area contributed by atoms with Gasteiger partial charge in [0.25, 0.3) is 0 Å². The second-order valence-electron chi connectivity index (χ2n) is 5.43. The van der Waals surface area contributed by atoms with Crippen molar-refractivity contribution in [2.75, 3.05) is 0 Å². The molecule has 0 amide bonds. The van der Waals surface area contributed by atoms with E-state index in [2.05, 4.69) is 19.1 Å². The average Bonchev–Trinajstić information content (AvgIpc) is 2.56. The summed E-state index contributed by atoms with van der Waals surface area (Å²) >= 11 is 12.2. The summed E-state index contributed by atoms with van der Waals surface area (Å²) in [5, 5.41) is 1.12. The van der Waals surface area contributed by atoms with E-state index < -0.39 is 0 Å². The highest BCUT2D eigenvalue weighted by atomic mass is 35.5. The van der Waals surface area contributed by atoms with Gasteiger partial charge in [-0.2, -0.15) is 0 Å². The molecule has 0 atom stereocenters. The molecule has 0 N–H and O–H groups in total. The summed E-state index contributed by atoms with van der Waals surface area (Å²) in [5.41, 5.74) is 2.32. The maximum absolute atomic E-state index is 6.29. The molecule has 3 aromatic carbocycles. The van der Waals surface area contributed by atoms with Crippen LogP contribution in [-0.2, 0) is 6.61 Å². The fourth-order valence-corrected chi connectivity index (χ4v) is 2.58. The van der Waals surface area contributed by atoms with Crippen molar-refractivity contribution < 1.29 is 9.47 Å². The lowest BCUT2D eigenvalue weighted by Crippen LogP contribution is -1.96. The van der Waals surface area contributed by atoms with Crippen molar-refractivity contribution in [2.45, 2.75) is 13.5 Å². The molecule has 3 rings (SSSR count). The van der Waals surface area contributed by atoms with Crippen molar-refractivity contribution in [2.24, 2.45) is 0 Å². The van der Waals surface area contributed by atoms with Gasteiger partial charge in [0.1, 0.15) is 23.9 Å². The number of hydrogen-bond donors (Lipinski definition) is 0. The van der Waals surface area contributed by atoms with Gasteiger partial charge in [-0.15, -0.1) is 0 Å². The van der Waals surface area contributed by atoms with Gasteiger partial charge in [0.2, 0.25) is 0 Å². The number of aryl methyl sites for hydroxylation is 1. The van der Waals surface area contributed by atoms with Crippen molar-refractivity contribution >= 4 is 23.2 Å². The summed E-state index contributed by atoms with van der Waals surface area (Å²) in [6.07, 6.45) is 0. The highest BCUT2D eigenvalue weighted by Crippen LogP contribution is 2.32. The highest BCUT2D eigenvalue weighted by molar-refractivity contribution is 6.32. The third-order valence-electron chi connectivity index (χ3n) is 3.45. The second-order valence-corrected chi connectivity index (χ2v) is 6.27. The molecule has 0 saturated heterocycles. The average molecular weight is 359 g/mol. The third kappa shape index (κ3) is 4.44. The first-order valence-electron chi connectivity index (χ1n) is 7.51. The number of hydrogen-bond acceptors (Lipinski definition) is 2. The van der Waals surface area contributed by atoms with Crippen molar-refractivity contribution in [1.29, 1.82) is 0 Å². The Hall–Kier alpha value is -2.16. The topological polar surface area (TPSA) is 18.5 Å². The monoisotopic (exact) mass is 358 g/mol. The Labute approximate surface area is 151 Å². The van der Waals surface area contributed by atoms with Crippen LogP contribution in [0.25, 0.3) is 0 Å². The van der Waals surface area contributed by atoms with E-state index >= 15 is 0 Å². The van der Waals surface area contributed by atoms with E-state index in [0.717, 1.165) is 5.56 Å². The molecule has 0 spiro atoms. The fourth-order valence-electron chi connectivity index (χ4n) is 2.17. The minimum Gasteiger partial charge on any atom is -0.487 e. The molecule has 0 unspecified atom stereocenters. The van der Waals surface area contributed by atoms with Gasteiger partial charge in [-0.1, -0.05) is 59.1 Å². The molecular formula is C20H16Cl2O2. The highest BCUT2D eigenvalue weighted by Gasteiger charge is 2.06. The molecule has 0 aliphatic rings. The van der Waals surface area contributed by atoms with Gasteiger partial charge >= 0.3 is 0 Å². The predicted octanol–water partition coefficient (Wildman–Crippen LogP) is 6.67. The quantitative estimate of drug-likeness (QED) is 0.506. The first kappa shape index (κ1) is 16.7. The van der Waals surface area contributed by atoms with Crippen molar-refractivity contribution in [3.05, 3.63) is 87.9 Å². The minimum atomic E-state index is 0.467.